The molecule has 7 heteroatoms. The smallest absolute Gasteiger partial charge is 0.307 e. The first-order chi connectivity index (χ1) is 13.4. The normalized spacial score (nSPS) is 25.6. The number of benzene rings is 1. The van der Waals surface area contributed by atoms with Gasteiger partial charge in [0.05, 0.1) is 17.4 Å². The van der Waals surface area contributed by atoms with Crippen LogP contribution in [-0.4, -0.2) is 22.9 Å². The summed E-state index contributed by atoms with van der Waals surface area (Å²) in [7, 11) is 0. The van der Waals surface area contributed by atoms with Crippen LogP contribution in [0.2, 0.25) is 0 Å². The lowest BCUT2D eigenvalue weighted by Gasteiger charge is -2.26. The van der Waals surface area contributed by atoms with Gasteiger partial charge >= 0.3 is 5.97 Å². The fraction of sp³-hybridized carbons (Fsp3) is 0.381. The third-order valence-corrected chi connectivity index (χ3v) is 7.15. The van der Waals surface area contributed by atoms with Crippen LogP contribution in [-0.2, 0) is 9.59 Å². The molecule has 0 saturated heterocycles. The van der Waals surface area contributed by atoms with Gasteiger partial charge in [0.25, 0.3) is 5.91 Å². The molecular weight excluding hydrogens is 376 g/mol. The molecule has 0 unspecified atom stereocenters. The second kappa shape index (κ2) is 7.05. The van der Waals surface area contributed by atoms with Crippen molar-refractivity contribution >= 4 is 34.1 Å². The first kappa shape index (κ1) is 18.7. The van der Waals surface area contributed by atoms with Crippen molar-refractivity contribution in [2.75, 3.05) is 5.32 Å². The number of anilines is 1. The van der Waals surface area contributed by atoms with Gasteiger partial charge in [-0.25, -0.2) is 0 Å². The van der Waals surface area contributed by atoms with Gasteiger partial charge in [-0.3, -0.25) is 14.4 Å². The second-order valence-corrected chi connectivity index (χ2v) is 8.90. The van der Waals surface area contributed by atoms with E-state index in [9.17, 15) is 19.5 Å². The van der Waals surface area contributed by atoms with Crippen LogP contribution < -0.4 is 11.1 Å². The minimum absolute atomic E-state index is 0.0683. The second-order valence-electron chi connectivity index (χ2n) is 7.68. The number of hydrogen-bond donors (Lipinski definition) is 3. The SMILES string of the molecule is Cc1sc(NC(=O)[C@@H]2[C@H]3CC[C@@H](C3)[C@H]2C(=O)O)c(C(N)=O)c1-c1ccccc1. The molecule has 4 rings (SSSR count). The molecule has 2 aromatic rings. The summed E-state index contributed by atoms with van der Waals surface area (Å²) in [6.07, 6.45) is 2.54. The van der Waals surface area contributed by atoms with E-state index < -0.39 is 23.7 Å². The zero-order chi connectivity index (χ0) is 20.0. The zero-order valence-electron chi connectivity index (χ0n) is 15.5. The van der Waals surface area contributed by atoms with E-state index in [1.54, 1.807) is 0 Å². The highest BCUT2D eigenvalue weighted by Gasteiger charge is 2.54. The van der Waals surface area contributed by atoms with Gasteiger partial charge in [-0.05, 0) is 43.6 Å². The van der Waals surface area contributed by atoms with E-state index in [0.717, 1.165) is 35.3 Å². The number of nitrogens with one attached hydrogen (secondary N) is 1. The predicted molar refractivity (Wildman–Crippen MR) is 107 cm³/mol. The van der Waals surface area contributed by atoms with E-state index in [1.807, 2.05) is 37.3 Å². The molecule has 2 bridgehead atoms. The first-order valence-electron chi connectivity index (χ1n) is 9.40. The highest BCUT2D eigenvalue weighted by Crippen LogP contribution is 2.53. The van der Waals surface area contributed by atoms with Crippen LogP contribution in [0.4, 0.5) is 5.00 Å². The van der Waals surface area contributed by atoms with Crippen LogP contribution in [0.25, 0.3) is 11.1 Å². The van der Waals surface area contributed by atoms with E-state index >= 15 is 0 Å². The number of nitrogens with two attached hydrogens (primary N) is 1. The Balaban J connectivity index is 1.68. The Morgan fingerprint density at radius 2 is 1.75 bits per heavy atom. The van der Waals surface area contributed by atoms with Crippen LogP contribution in [0.15, 0.2) is 30.3 Å². The van der Waals surface area contributed by atoms with Gasteiger partial charge in [-0.2, -0.15) is 0 Å². The van der Waals surface area contributed by atoms with Crippen LogP contribution >= 0.6 is 11.3 Å². The highest BCUT2D eigenvalue weighted by molar-refractivity contribution is 7.17. The van der Waals surface area contributed by atoms with Crippen LogP contribution in [0.5, 0.6) is 0 Å². The molecule has 0 spiro atoms. The molecule has 28 heavy (non-hydrogen) atoms. The summed E-state index contributed by atoms with van der Waals surface area (Å²) < 4.78 is 0. The maximum absolute atomic E-state index is 13.0. The van der Waals surface area contributed by atoms with Gasteiger partial charge in [0.15, 0.2) is 0 Å². The lowest BCUT2D eigenvalue weighted by atomic mass is 9.78. The fourth-order valence-electron chi connectivity index (χ4n) is 5.04. The number of fused-ring (bicyclic) bond motifs is 2. The topological polar surface area (TPSA) is 109 Å². The van der Waals surface area contributed by atoms with Crippen molar-refractivity contribution < 1.29 is 19.5 Å². The Kier molecular flexibility index (Phi) is 4.71. The Bertz CT molecular complexity index is 953. The van der Waals surface area contributed by atoms with E-state index in [0.29, 0.717) is 5.00 Å². The van der Waals surface area contributed by atoms with Crippen molar-refractivity contribution in [3.8, 4) is 11.1 Å². The molecule has 4 N–H and O–H groups in total. The average molecular weight is 398 g/mol. The van der Waals surface area contributed by atoms with E-state index in [2.05, 4.69) is 5.32 Å². The molecule has 2 amide bonds. The van der Waals surface area contributed by atoms with Gasteiger partial charge in [0.2, 0.25) is 5.91 Å². The molecule has 146 valence electrons. The fourth-order valence-corrected chi connectivity index (χ4v) is 6.12. The Hall–Kier alpha value is -2.67. The van der Waals surface area contributed by atoms with E-state index in [4.69, 9.17) is 5.73 Å². The number of aliphatic carboxylic acids is 1. The summed E-state index contributed by atoms with van der Waals surface area (Å²) in [5.74, 6) is -2.87. The molecule has 4 atom stereocenters. The summed E-state index contributed by atoms with van der Waals surface area (Å²) in [5, 5.41) is 12.9. The summed E-state index contributed by atoms with van der Waals surface area (Å²) in [6, 6.07) is 9.43. The minimum Gasteiger partial charge on any atom is -0.481 e. The van der Waals surface area contributed by atoms with Gasteiger partial charge < -0.3 is 16.2 Å². The lowest BCUT2D eigenvalue weighted by Crippen LogP contribution is -2.38. The lowest BCUT2D eigenvalue weighted by molar-refractivity contribution is -0.148. The molecule has 2 saturated carbocycles. The van der Waals surface area contributed by atoms with Gasteiger partial charge in [0, 0.05) is 10.4 Å². The van der Waals surface area contributed by atoms with Crippen molar-refractivity contribution in [3.05, 3.63) is 40.8 Å². The number of primary amides is 1. The summed E-state index contributed by atoms with van der Waals surface area (Å²) in [5.41, 5.74) is 7.52. The third-order valence-electron chi connectivity index (χ3n) is 6.13. The first-order valence-corrected chi connectivity index (χ1v) is 10.2. The third kappa shape index (κ3) is 2.99. The Morgan fingerprint density at radius 3 is 2.36 bits per heavy atom. The molecule has 0 aliphatic heterocycles. The van der Waals surface area contributed by atoms with E-state index in [1.165, 1.54) is 11.3 Å². The standard InChI is InChI=1S/C21H22N2O4S/c1-10-14(11-5-3-2-4-6-11)17(18(22)24)20(28-10)23-19(25)15-12-7-8-13(9-12)16(15)21(26)27/h2-6,12-13,15-16H,7-9H2,1H3,(H2,22,24)(H,23,25)(H,26,27)/t12-,13-,15+,16+/m0/s1. The highest BCUT2D eigenvalue weighted by atomic mass is 32.1. The summed E-state index contributed by atoms with van der Waals surface area (Å²) >= 11 is 1.30. The number of carbonyl (C=O) groups is 3. The molecule has 2 fully saturated rings. The van der Waals surface area contributed by atoms with Crippen molar-refractivity contribution in [2.24, 2.45) is 29.4 Å². The number of amides is 2. The molecule has 2 aliphatic rings. The van der Waals surface area contributed by atoms with Crippen molar-refractivity contribution in [1.29, 1.82) is 0 Å². The summed E-state index contributed by atoms with van der Waals surface area (Å²) in [6.45, 7) is 1.88. The largest absolute Gasteiger partial charge is 0.481 e. The molecule has 2 aliphatic carbocycles. The van der Waals surface area contributed by atoms with Gasteiger partial charge in [0.1, 0.15) is 5.00 Å². The Labute approximate surface area is 166 Å². The van der Waals surface area contributed by atoms with Gasteiger partial charge in [-0.1, -0.05) is 30.3 Å². The number of carbonyl (C=O) groups excluding carboxylic acids is 2. The average Bonchev–Trinajstić information content (AvgIpc) is 3.34. The van der Waals surface area contributed by atoms with E-state index in [-0.39, 0.29) is 23.3 Å². The minimum atomic E-state index is -0.908. The molecule has 1 aromatic carbocycles. The van der Waals surface area contributed by atoms with Crippen molar-refractivity contribution in [3.63, 3.8) is 0 Å². The van der Waals surface area contributed by atoms with Crippen LogP contribution in [0.1, 0.15) is 34.5 Å². The molecule has 6 nitrogen and oxygen atoms in total. The number of aryl methyl sites for hydroxylation is 1. The zero-order valence-corrected chi connectivity index (χ0v) is 16.3. The Morgan fingerprint density at radius 1 is 1.11 bits per heavy atom. The van der Waals surface area contributed by atoms with Crippen molar-refractivity contribution in [2.45, 2.75) is 26.2 Å². The number of thiophene rings is 1. The molecule has 1 aromatic heterocycles. The summed E-state index contributed by atoms with van der Waals surface area (Å²) in [4.78, 5) is 37.8. The van der Waals surface area contributed by atoms with Crippen LogP contribution in [0.3, 0.4) is 0 Å². The molecular formula is C21H22N2O4S. The molecule has 0 radical (unpaired) electrons. The van der Waals surface area contributed by atoms with Crippen LogP contribution in [0, 0.1) is 30.6 Å². The van der Waals surface area contributed by atoms with Gasteiger partial charge in [-0.15, -0.1) is 11.3 Å². The quantitative estimate of drug-likeness (QED) is 0.716. The number of carboxylic acids is 1. The maximum Gasteiger partial charge on any atom is 0.307 e. The monoisotopic (exact) mass is 398 g/mol. The van der Waals surface area contributed by atoms with Crippen molar-refractivity contribution in [1.82, 2.24) is 0 Å². The maximum atomic E-state index is 13.0. The number of rotatable bonds is 5. The number of hydrogen-bond acceptors (Lipinski definition) is 4. The predicted octanol–water partition coefficient (Wildman–Crippen LogP) is 3.51. The number of carboxylic acid groups (broad SMARTS) is 1. The molecule has 1 heterocycles.